The molecule has 1 aromatic carbocycles. The van der Waals surface area contributed by atoms with Crippen LogP contribution in [0, 0.1) is 6.57 Å². The molecule has 0 amide bonds. The molecule has 0 saturated carbocycles. The van der Waals surface area contributed by atoms with Gasteiger partial charge in [-0.1, -0.05) is 32.6 Å². The van der Waals surface area contributed by atoms with Crippen LogP contribution in [0.2, 0.25) is 0 Å². The summed E-state index contributed by atoms with van der Waals surface area (Å²) in [6.45, 7) is 23.2. The van der Waals surface area contributed by atoms with E-state index in [1.54, 1.807) is 28.1 Å². The van der Waals surface area contributed by atoms with Crippen LogP contribution < -0.4 is 9.47 Å². The molecule has 2 heterocycles. The minimum atomic E-state index is -1.15. The molecule has 2 aliphatic rings. The van der Waals surface area contributed by atoms with Gasteiger partial charge in [-0.15, -0.1) is 0 Å². The maximum Gasteiger partial charge on any atom is 0.361 e. The van der Waals surface area contributed by atoms with Crippen LogP contribution in [0.1, 0.15) is 71.4 Å². The van der Waals surface area contributed by atoms with Crippen LogP contribution in [-0.2, 0) is 30.1 Å². The molecule has 0 N–H and O–H groups in total. The fourth-order valence-corrected chi connectivity index (χ4v) is 4.60. The Morgan fingerprint density at radius 3 is 2.41 bits per heavy atom. The first kappa shape index (κ1) is 29.2. The summed E-state index contributed by atoms with van der Waals surface area (Å²) >= 11 is 0. The van der Waals surface area contributed by atoms with Gasteiger partial charge in [-0.2, -0.15) is 0 Å². The number of fused-ring (bicyclic) bond motifs is 1. The van der Waals surface area contributed by atoms with Gasteiger partial charge in [-0.3, -0.25) is 0 Å². The lowest BCUT2D eigenvalue weighted by Crippen LogP contribution is -2.65. The molecule has 0 spiro atoms. The molecule has 0 aromatic heterocycles. The largest absolute Gasteiger partial charge is 0.428 e. The second-order valence-corrected chi connectivity index (χ2v) is 10.0. The molecule has 1 aromatic rings. The number of methoxy groups -OCH3 is 2. The van der Waals surface area contributed by atoms with E-state index in [0.29, 0.717) is 30.9 Å². The van der Waals surface area contributed by atoms with Gasteiger partial charge < -0.3 is 33.2 Å². The fourth-order valence-electron chi connectivity index (χ4n) is 4.60. The lowest BCUT2D eigenvalue weighted by atomic mass is 9.95. The highest BCUT2D eigenvalue weighted by molar-refractivity contribution is 5.52. The topological polar surface area (TPSA) is 69.0 Å². The Morgan fingerprint density at radius 2 is 1.84 bits per heavy atom. The molecule has 0 radical (unpaired) electrons. The van der Waals surface area contributed by atoms with E-state index in [9.17, 15) is 0 Å². The maximum atomic E-state index is 7.78. The second-order valence-electron chi connectivity index (χ2n) is 10.0. The summed E-state index contributed by atoms with van der Waals surface area (Å²) in [7, 11) is 3.11. The summed E-state index contributed by atoms with van der Waals surface area (Å²) < 4.78 is 41.1. The molecule has 8 heteroatoms. The van der Waals surface area contributed by atoms with Gasteiger partial charge in [0.2, 0.25) is 11.6 Å². The summed E-state index contributed by atoms with van der Waals surface area (Å²) in [4.78, 5) is 3.78. The highest BCUT2D eigenvalue weighted by Gasteiger charge is 2.56. The van der Waals surface area contributed by atoms with Crippen molar-refractivity contribution in [3.8, 4) is 11.5 Å². The van der Waals surface area contributed by atoms with E-state index in [2.05, 4.69) is 31.3 Å². The number of benzene rings is 1. The van der Waals surface area contributed by atoms with E-state index in [1.807, 2.05) is 26.0 Å². The second kappa shape index (κ2) is 12.0. The zero-order chi connectivity index (χ0) is 27.4. The standard InChI is InChI=1S/C29H41NO7/c1-11-33-27-34-23-16-20(15-22(18(2)3)26(23)35-27)13-12-14-21(30-8)17-24-25(19(4)5)37-29(7,32-10)28(6,31-9)36-24/h14-16,18,24-25,27H,4,11-13,17H2,1-3,5-7,9-10H3/b21-14-/t24-,25-,27?,28+,29+/m1/s1. The quantitative estimate of drug-likeness (QED) is 0.260. The minimum absolute atomic E-state index is 0.266. The average molecular weight is 516 g/mol. The molecule has 2 aliphatic heterocycles. The summed E-state index contributed by atoms with van der Waals surface area (Å²) in [6, 6.07) is 4.15. The number of nitrogens with zero attached hydrogens (tertiary/aromatic N) is 1. The van der Waals surface area contributed by atoms with Gasteiger partial charge in [0.05, 0.1) is 19.3 Å². The SMILES string of the molecule is [C-]#[N+]/C(=C\CCc1cc2c(c(C(C)C)c1)OC(OCC)O2)C[C@H]1O[C@](C)(OC)[C@@](C)(OC)O[C@@H]1C(=C)C. The molecular weight excluding hydrogens is 474 g/mol. The Morgan fingerprint density at radius 1 is 1.16 bits per heavy atom. The molecule has 1 saturated heterocycles. The third-order valence-electron chi connectivity index (χ3n) is 7.03. The van der Waals surface area contributed by atoms with Crippen molar-refractivity contribution in [2.75, 3.05) is 20.8 Å². The van der Waals surface area contributed by atoms with Crippen LogP contribution >= 0.6 is 0 Å². The fraction of sp³-hybridized carbons (Fsp3) is 0.621. The first-order chi connectivity index (χ1) is 17.5. The van der Waals surface area contributed by atoms with Crippen molar-refractivity contribution >= 4 is 0 Å². The van der Waals surface area contributed by atoms with Gasteiger partial charge in [0.25, 0.3) is 0 Å². The van der Waals surface area contributed by atoms with Crippen LogP contribution in [0.3, 0.4) is 0 Å². The number of aryl methyl sites for hydroxylation is 1. The van der Waals surface area contributed by atoms with E-state index >= 15 is 0 Å². The number of ether oxygens (including phenoxy) is 7. The van der Waals surface area contributed by atoms with Crippen molar-refractivity contribution in [1.82, 2.24) is 0 Å². The minimum Gasteiger partial charge on any atom is -0.428 e. The van der Waals surface area contributed by atoms with Gasteiger partial charge in [0.15, 0.2) is 17.2 Å². The first-order valence-corrected chi connectivity index (χ1v) is 12.8. The van der Waals surface area contributed by atoms with E-state index in [-0.39, 0.29) is 5.92 Å². The van der Waals surface area contributed by atoms with Crippen molar-refractivity contribution in [3.63, 3.8) is 0 Å². The number of rotatable bonds is 11. The van der Waals surface area contributed by atoms with Crippen LogP contribution in [0.25, 0.3) is 4.85 Å². The predicted molar refractivity (Wildman–Crippen MR) is 140 cm³/mol. The van der Waals surface area contributed by atoms with E-state index in [0.717, 1.165) is 28.9 Å². The highest BCUT2D eigenvalue weighted by Crippen LogP contribution is 2.44. The van der Waals surface area contributed by atoms with Crippen molar-refractivity contribution < 1.29 is 33.2 Å². The zero-order valence-electron chi connectivity index (χ0n) is 23.4. The van der Waals surface area contributed by atoms with Gasteiger partial charge in [0, 0.05) is 26.2 Å². The molecule has 1 fully saturated rings. The first-order valence-electron chi connectivity index (χ1n) is 12.8. The molecule has 37 heavy (non-hydrogen) atoms. The molecule has 3 rings (SSSR count). The van der Waals surface area contributed by atoms with Gasteiger partial charge in [-0.25, -0.2) is 4.85 Å². The average Bonchev–Trinajstić information content (AvgIpc) is 3.27. The third-order valence-corrected chi connectivity index (χ3v) is 7.03. The third kappa shape index (κ3) is 6.19. The van der Waals surface area contributed by atoms with E-state index in [4.69, 9.17) is 39.7 Å². The van der Waals surface area contributed by atoms with Crippen LogP contribution in [0.5, 0.6) is 11.5 Å². The zero-order valence-corrected chi connectivity index (χ0v) is 23.4. The van der Waals surface area contributed by atoms with Gasteiger partial charge >= 0.3 is 6.48 Å². The Kier molecular flexibility index (Phi) is 9.43. The van der Waals surface area contributed by atoms with Crippen molar-refractivity contribution in [2.24, 2.45) is 0 Å². The number of hydrogen-bond donors (Lipinski definition) is 0. The lowest BCUT2D eigenvalue weighted by Gasteiger charge is -2.52. The lowest BCUT2D eigenvalue weighted by molar-refractivity contribution is -0.443. The van der Waals surface area contributed by atoms with Crippen LogP contribution in [0.15, 0.2) is 36.1 Å². The number of hydrogen-bond acceptors (Lipinski definition) is 7. The summed E-state index contributed by atoms with van der Waals surface area (Å²) in [5, 5.41) is 0. The van der Waals surface area contributed by atoms with Crippen molar-refractivity contribution in [2.45, 2.75) is 97.0 Å². The van der Waals surface area contributed by atoms with Crippen LogP contribution in [0.4, 0.5) is 0 Å². The molecule has 204 valence electrons. The van der Waals surface area contributed by atoms with E-state index < -0.39 is 30.3 Å². The smallest absolute Gasteiger partial charge is 0.361 e. The molecule has 0 bridgehead atoms. The van der Waals surface area contributed by atoms with Crippen molar-refractivity contribution in [1.29, 1.82) is 0 Å². The monoisotopic (exact) mass is 515 g/mol. The summed E-state index contributed by atoms with van der Waals surface area (Å²) in [5.74, 6) is -0.559. The maximum absolute atomic E-state index is 7.78. The Hall–Kier alpha value is -2.41. The molecule has 0 aliphatic carbocycles. The van der Waals surface area contributed by atoms with Crippen molar-refractivity contribution in [3.05, 3.63) is 58.6 Å². The molecule has 8 nitrogen and oxygen atoms in total. The molecule has 1 unspecified atom stereocenters. The summed E-state index contributed by atoms with van der Waals surface area (Å²) in [6.07, 6.45) is 2.88. The summed E-state index contributed by atoms with van der Waals surface area (Å²) in [5.41, 5.74) is 3.59. The predicted octanol–water partition coefficient (Wildman–Crippen LogP) is 6.11. The normalized spacial score (nSPS) is 29.4. The van der Waals surface area contributed by atoms with Crippen LogP contribution in [-0.4, -0.2) is 51.1 Å². The Balaban J connectivity index is 1.74. The highest BCUT2D eigenvalue weighted by atomic mass is 16.9. The molecular formula is C29H41NO7. The van der Waals surface area contributed by atoms with Gasteiger partial charge in [-0.05, 0) is 63.7 Å². The Bertz CT molecular complexity index is 1050. The Labute approximate surface area is 221 Å². The van der Waals surface area contributed by atoms with Gasteiger partial charge in [0.1, 0.15) is 6.10 Å². The van der Waals surface area contributed by atoms with E-state index in [1.165, 1.54) is 0 Å². The molecule has 5 atom stereocenters. The number of allylic oxidation sites excluding steroid dienone is 1.